The van der Waals surface area contributed by atoms with Crippen LogP contribution < -0.4 is 16.2 Å². The fourth-order valence-corrected chi connectivity index (χ4v) is 6.10. The molecule has 2 aliphatic carbocycles. The molecule has 6 atom stereocenters. The Kier molecular flexibility index (Phi) is 6.36. The van der Waals surface area contributed by atoms with E-state index in [1.807, 2.05) is 0 Å². The standard InChI is InChI=1S/C27H28N2O9/c1-34-16-5-3-4-14(10-16)23(31)37-19-11-18(24(32)35-2)26(28)8-6-17-25(33)38-20(15-7-9-36-13-15)12-27(17,29)22(26)21(19)30/h3-5,7,9-11,13,17-18,20,22H,6,8,12,28-29H2,1-2H3/t17-,18-,20-,22-,26+,27+/m0/s1. The number of benzene rings is 1. The van der Waals surface area contributed by atoms with Crippen LogP contribution in [-0.4, -0.2) is 49.0 Å². The summed E-state index contributed by atoms with van der Waals surface area (Å²) in [6.45, 7) is 0. The van der Waals surface area contributed by atoms with Gasteiger partial charge in [-0.1, -0.05) is 6.07 Å². The number of ether oxygens (including phenoxy) is 4. The van der Waals surface area contributed by atoms with E-state index in [1.165, 1.54) is 45.0 Å². The first-order valence-corrected chi connectivity index (χ1v) is 12.1. The van der Waals surface area contributed by atoms with E-state index >= 15 is 0 Å². The first-order chi connectivity index (χ1) is 18.1. The predicted molar refractivity (Wildman–Crippen MR) is 129 cm³/mol. The third-order valence-electron chi connectivity index (χ3n) is 7.95. The third-order valence-corrected chi connectivity index (χ3v) is 7.95. The number of cyclic esters (lactones) is 1. The largest absolute Gasteiger partial charge is 0.497 e. The summed E-state index contributed by atoms with van der Waals surface area (Å²) in [6.07, 6.45) is 3.67. The van der Waals surface area contributed by atoms with Gasteiger partial charge in [0.25, 0.3) is 0 Å². The van der Waals surface area contributed by atoms with Crippen molar-refractivity contribution in [3.63, 3.8) is 0 Å². The number of rotatable bonds is 5. The maximum atomic E-state index is 14.0. The van der Waals surface area contributed by atoms with Gasteiger partial charge in [0.15, 0.2) is 5.76 Å². The molecule has 2 aromatic rings. The van der Waals surface area contributed by atoms with Crippen molar-refractivity contribution in [3.8, 4) is 5.75 Å². The molecule has 0 amide bonds. The van der Waals surface area contributed by atoms with Gasteiger partial charge in [-0.3, -0.25) is 14.4 Å². The number of allylic oxidation sites excluding steroid dienone is 1. The molecule has 0 spiro atoms. The molecular weight excluding hydrogens is 496 g/mol. The first-order valence-electron chi connectivity index (χ1n) is 12.1. The van der Waals surface area contributed by atoms with Crippen LogP contribution in [-0.2, 0) is 28.6 Å². The molecule has 38 heavy (non-hydrogen) atoms. The number of ketones is 1. The minimum Gasteiger partial charge on any atom is -0.497 e. The topological polar surface area (TPSA) is 170 Å². The van der Waals surface area contributed by atoms with E-state index in [1.54, 1.807) is 18.2 Å². The van der Waals surface area contributed by atoms with Crippen molar-refractivity contribution in [1.82, 2.24) is 0 Å². The van der Waals surface area contributed by atoms with Gasteiger partial charge in [-0.25, -0.2) is 4.79 Å². The van der Waals surface area contributed by atoms with Gasteiger partial charge in [0.05, 0.1) is 50.1 Å². The molecule has 4 N–H and O–H groups in total. The fraction of sp³-hybridized carbons (Fsp3) is 0.407. The van der Waals surface area contributed by atoms with Gasteiger partial charge in [0, 0.05) is 23.1 Å². The second kappa shape index (κ2) is 9.41. The number of hydrogen-bond acceptors (Lipinski definition) is 11. The molecule has 5 rings (SSSR count). The summed E-state index contributed by atoms with van der Waals surface area (Å²) >= 11 is 0. The fourth-order valence-electron chi connectivity index (χ4n) is 6.10. The summed E-state index contributed by atoms with van der Waals surface area (Å²) in [5.74, 6) is -6.03. The smallest absolute Gasteiger partial charge is 0.343 e. The zero-order valence-electron chi connectivity index (χ0n) is 20.9. The molecule has 1 aliphatic heterocycles. The lowest BCUT2D eigenvalue weighted by Crippen LogP contribution is -2.76. The van der Waals surface area contributed by atoms with Crippen molar-refractivity contribution in [3.05, 3.63) is 65.8 Å². The molecule has 1 aromatic heterocycles. The maximum absolute atomic E-state index is 14.0. The van der Waals surface area contributed by atoms with Crippen LogP contribution in [0.25, 0.3) is 0 Å². The molecule has 2 fully saturated rings. The van der Waals surface area contributed by atoms with Crippen molar-refractivity contribution in [2.45, 2.75) is 36.4 Å². The van der Waals surface area contributed by atoms with Gasteiger partial charge < -0.3 is 34.8 Å². The highest BCUT2D eigenvalue weighted by atomic mass is 16.6. The summed E-state index contributed by atoms with van der Waals surface area (Å²) in [6, 6.07) is 7.84. The number of fused-ring (bicyclic) bond motifs is 3. The molecule has 1 saturated carbocycles. The quantitative estimate of drug-likeness (QED) is 0.432. The summed E-state index contributed by atoms with van der Waals surface area (Å²) in [5, 5.41) is 0. The van der Waals surface area contributed by atoms with Gasteiger partial charge in [-0.15, -0.1) is 0 Å². The van der Waals surface area contributed by atoms with Gasteiger partial charge in [-0.2, -0.15) is 0 Å². The van der Waals surface area contributed by atoms with Gasteiger partial charge in [-0.05, 0) is 43.2 Å². The van der Waals surface area contributed by atoms with Gasteiger partial charge in [0.1, 0.15) is 11.9 Å². The van der Waals surface area contributed by atoms with Crippen LogP contribution >= 0.6 is 0 Å². The zero-order valence-corrected chi connectivity index (χ0v) is 20.9. The van der Waals surface area contributed by atoms with Crippen molar-refractivity contribution in [1.29, 1.82) is 0 Å². The molecule has 200 valence electrons. The molecule has 3 aliphatic rings. The number of carbonyl (C=O) groups is 4. The van der Waals surface area contributed by atoms with Crippen molar-refractivity contribution >= 4 is 23.7 Å². The Labute approximate surface area is 218 Å². The van der Waals surface area contributed by atoms with E-state index in [-0.39, 0.29) is 30.6 Å². The number of nitrogens with two attached hydrogens (primary N) is 2. The van der Waals surface area contributed by atoms with Crippen LogP contribution in [0.15, 0.2) is 59.1 Å². The lowest BCUT2D eigenvalue weighted by molar-refractivity contribution is -0.179. The average molecular weight is 525 g/mol. The Balaban J connectivity index is 1.56. The van der Waals surface area contributed by atoms with E-state index in [9.17, 15) is 19.2 Å². The lowest BCUT2D eigenvalue weighted by Gasteiger charge is -2.58. The van der Waals surface area contributed by atoms with Crippen LogP contribution in [0.5, 0.6) is 5.75 Å². The zero-order chi connectivity index (χ0) is 27.2. The van der Waals surface area contributed by atoms with Crippen LogP contribution in [0.4, 0.5) is 0 Å². The Morgan fingerprint density at radius 2 is 1.89 bits per heavy atom. The predicted octanol–water partition coefficient (Wildman–Crippen LogP) is 1.81. The minimum absolute atomic E-state index is 0.0449. The average Bonchev–Trinajstić information content (AvgIpc) is 3.44. The third kappa shape index (κ3) is 3.98. The van der Waals surface area contributed by atoms with E-state index in [4.69, 9.17) is 34.8 Å². The molecule has 11 heteroatoms. The van der Waals surface area contributed by atoms with Crippen molar-refractivity contribution in [2.24, 2.45) is 29.2 Å². The Hall–Kier alpha value is -3.96. The normalized spacial score (nSPS) is 32.3. The van der Waals surface area contributed by atoms with Crippen molar-refractivity contribution in [2.75, 3.05) is 14.2 Å². The number of methoxy groups -OCH3 is 2. The second-order valence-corrected chi connectivity index (χ2v) is 9.95. The molecule has 11 nitrogen and oxygen atoms in total. The Morgan fingerprint density at radius 3 is 2.58 bits per heavy atom. The van der Waals surface area contributed by atoms with E-state index in [0.29, 0.717) is 11.3 Å². The molecule has 1 aromatic carbocycles. The van der Waals surface area contributed by atoms with Crippen LogP contribution in [0.1, 0.15) is 41.3 Å². The highest BCUT2D eigenvalue weighted by Gasteiger charge is 2.67. The Bertz CT molecular complexity index is 1320. The summed E-state index contributed by atoms with van der Waals surface area (Å²) in [7, 11) is 2.65. The number of hydrogen-bond donors (Lipinski definition) is 2. The maximum Gasteiger partial charge on any atom is 0.343 e. The molecule has 1 saturated heterocycles. The number of Topliss-reactive ketones (excluding diaryl/α,β-unsaturated/α-hetero) is 1. The summed E-state index contributed by atoms with van der Waals surface area (Å²) < 4.78 is 26.5. The van der Waals surface area contributed by atoms with Crippen molar-refractivity contribution < 1.29 is 42.5 Å². The Morgan fingerprint density at radius 1 is 1.11 bits per heavy atom. The second-order valence-electron chi connectivity index (χ2n) is 9.95. The lowest BCUT2D eigenvalue weighted by atomic mass is 9.50. The van der Waals surface area contributed by atoms with E-state index in [0.717, 1.165) is 0 Å². The van der Waals surface area contributed by atoms with Crippen LogP contribution in [0.3, 0.4) is 0 Å². The number of furan rings is 1. The molecular formula is C27H28N2O9. The van der Waals surface area contributed by atoms with Gasteiger partial charge >= 0.3 is 17.9 Å². The van der Waals surface area contributed by atoms with E-state index < -0.39 is 58.6 Å². The van der Waals surface area contributed by atoms with Gasteiger partial charge in [0.2, 0.25) is 5.78 Å². The molecule has 0 unspecified atom stereocenters. The highest BCUT2D eigenvalue weighted by molar-refractivity contribution is 6.04. The van der Waals surface area contributed by atoms with Crippen LogP contribution in [0, 0.1) is 17.8 Å². The highest BCUT2D eigenvalue weighted by Crippen LogP contribution is 2.55. The molecule has 0 bridgehead atoms. The monoisotopic (exact) mass is 524 g/mol. The SMILES string of the molecule is COC(=O)[C@@H]1C=C(OC(=O)c2cccc(OC)c2)C(=O)[C@H]2[C@@]1(N)CC[C@H]1C(=O)O[C@H](c3ccoc3)C[C@]21N. The summed E-state index contributed by atoms with van der Waals surface area (Å²) in [5.41, 5.74) is 11.5. The van der Waals surface area contributed by atoms with Crippen LogP contribution in [0.2, 0.25) is 0 Å². The molecule has 2 heterocycles. The summed E-state index contributed by atoms with van der Waals surface area (Å²) in [4.78, 5) is 53.1. The number of carbonyl (C=O) groups excluding carboxylic acids is 4. The van der Waals surface area contributed by atoms with E-state index in [2.05, 4.69) is 0 Å². The number of esters is 3. The first kappa shape index (κ1) is 25.7. The molecule has 0 radical (unpaired) electrons. The minimum atomic E-state index is -1.50.